The summed E-state index contributed by atoms with van der Waals surface area (Å²) in [5.74, 6) is 0. The highest BCUT2D eigenvalue weighted by Gasteiger charge is 2.10. The van der Waals surface area contributed by atoms with Gasteiger partial charge < -0.3 is 5.32 Å². The molecule has 1 heterocycles. The molecule has 0 unspecified atom stereocenters. The Morgan fingerprint density at radius 3 is 3.07 bits per heavy atom. The van der Waals surface area contributed by atoms with Crippen LogP contribution < -0.4 is 5.32 Å². The molecule has 0 aromatic heterocycles. The predicted molar refractivity (Wildman–Crippen MR) is 54.2 cm³/mol. The van der Waals surface area contributed by atoms with Crippen LogP contribution >= 0.6 is 0 Å². The van der Waals surface area contributed by atoms with E-state index in [1.165, 1.54) is 6.07 Å². The second-order valence-corrected chi connectivity index (χ2v) is 3.18. The number of hydrogen-bond acceptors (Lipinski definition) is 3. The van der Waals surface area contributed by atoms with Gasteiger partial charge in [-0.25, -0.2) is 0 Å². The summed E-state index contributed by atoms with van der Waals surface area (Å²) >= 11 is 0. The van der Waals surface area contributed by atoms with Crippen molar-refractivity contribution in [1.82, 2.24) is 0 Å². The van der Waals surface area contributed by atoms with Crippen molar-refractivity contribution in [3.05, 3.63) is 46.2 Å². The molecule has 72 valence electrons. The normalized spacial score (nSPS) is 14.0. The van der Waals surface area contributed by atoms with E-state index >= 15 is 0 Å². The van der Waals surface area contributed by atoms with Crippen LogP contribution in [0.1, 0.15) is 12.0 Å². The number of nitrogens with one attached hydrogen (secondary N) is 1. The van der Waals surface area contributed by atoms with Gasteiger partial charge in [-0.05, 0) is 30.7 Å². The molecular weight excluding hydrogens is 180 g/mol. The van der Waals surface area contributed by atoms with Crippen molar-refractivity contribution in [2.24, 2.45) is 0 Å². The highest BCUT2D eigenvalue weighted by Crippen LogP contribution is 2.24. The van der Waals surface area contributed by atoms with Crippen LogP contribution in [0.3, 0.4) is 0 Å². The van der Waals surface area contributed by atoms with Crippen molar-refractivity contribution in [1.29, 1.82) is 0 Å². The van der Waals surface area contributed by atoms with Crippen LogP contribution in [0, 0.1) is 10.1 Å². The Morgan fingerprint density at radius 1 is 1.43 bits per heavy atom. The number of hydrogen-bond donors (Lipinski definition) is 1. The highest BCUT2D eigenvalue weighted by molar-refractivity contribution is 5.58. The fourth-order valence-corrected chi connectivity index (χ4v) is 1.51. The maximum Gasteiger partial charge on any atom is 0.269 e. The number of nitrogens with zero attached hydrogens (tertiary/aromatic N) is 1. The third-order valence-electron chi connectivity index (χ3n) is 2.24. The number of nitro groups is 1. The molecule has 0 aliphatic carbocycles. The molecule has 0 amide bonds. The summed E-state index contributed by atoms with van der Waals surface area (Å²) in [4.78, 5) is 10.2. The van der Waals surface area contributed by atoms with Crippen molar-refractivity contribution in [3.8, 4) is 0 Å². The van der Waals surface area contributed by atoms with Crippen LogP contribution in [0.15, 0.2) is 30.5 Å². The molecule has 2 rings (SSSR count). The van der Waals surface area contributed by atoms with Crippen LogP contribution in [0.4, 0.5) is 11.4 Å². The van der Waals surface area contributed by atoms with Gasteiger partial charge in [0, 0.05) is 17.8 Å². The first-order chi connectivity index (χ1) is 6.77. The predicted octanol–water partition coefficient (Wildman–Crippen LogP) is 2.47. The van der Waals surface area contributed by atoms with E-state index in [0.29, 0.717) is 0 Å². The van der Waals surface area contributed by atoms with Crippen LogP contribution in [-0.2, 0) is 6.42 Å². The first-order valence-corrected chi connectivity index (χ1v) is 4.46. The molecule has 1 aliphatic heterocycles. The molecule has 4 heteroatoms. The standard InChI is InChI=1S/C10H10N2O2/c13-12(14)9-4-5-10-8(7-9)3-1-2-6-11-10/h2,4-7,11H,1,3H2. The summed E-state index contributed by atoms with van der Waals surface area (Å²) in [5.41, 5.74) is 2.13. The number of rotatable bonds is 1. The van der Waals surface area contributed by atoms with Crippen molar-refractivity contribution in [3.63, 3.8) is 0 Å². The number of aryl methyl sites for hydroxylation is 1. The van der Waals surface area contributed by atoms with Gasteiger partial charge in [0.2, 0.25) is 0 Å². The molecule has 14 heavy (non-hydrogen) atoms. The zero-order valence-electron chi connectivity index (χ0n) is 7.56. The van der Waals surface area contributed by atoms with Gasteiger partial charge in [-0.1, -0.05) is 6.08 Å². The summed E-state index contributed by atoms with van der Waals surface area (Å²) in [6.07, 6.45) is 5.66. The first kappa shape index (κ1) is 8.74. The lowest BCUT2D eigenvalue weighted by molar-refractivity contribution is -0.384. The third kappa shape index (κ3) is 1.59. The minimum Gasteiger partial charge on any atom is -0.362 e. The number of nitro benzene ring substituents is 1. The lowest BCUT2D eigenvalue weighted by atomic mass is 10.1. The first-order valence-electron chi connectivity index (χ1n) is 4.46. The van der Waals surface area contributed by atoms with E-state index in [2.05, 4.69) is 5.32 Å². The number of fused-ring (bicyclic) bond motifs is 1. The largest absolute Gasteiger partial charge is 0.362 e. The third-order valence-corrected chi connectivity index (χ3v) is 2.24. The second-order valence-electron chi connectivity index (χ2n) is 3.18. The van der Waals surface area contributed by atoms with Crippen molar-refractivity contribution in [2.45, 2.75) is 12.8 Å². The zero-order valence-corrected chi connectivity index (χ0v) is 7.56. The molecule has 1 aromatic carbocycles. The highest BCUT2D eigenvalue weighted by atomic mass is 16.6. The van der Waals surface area contributed by atoms with Gasteiger partial charge in [-0.3, -0.25) is 10.1 Å². The molecule has 0 bridgehead atoms. The zero-order chi connectivity index (χ0) is 9.97. The summed E-state index contributed by atoms with van der Waals surface area (Å²) < 4.78 is 0. The molecule has 1 N–H and O–H groups in total. The quantitative estimate of drug-likeness (QED) is 0.546. The Hall–Kier alpha value is -1.84. The Labute approximate surface area is 81.4 Å². The summed E-state index contributed by atoms with van der Waals surface area (Å²) in [7, 11) is 0. The fraction of sp³-hybridized carbons (Fsp3) is 0.200. The fourth-order valence-electron chi connectivity index (χ4n) is 1.51. The van der Waals surface area contributed by atoms with Crippen LogP contribution in [0.25, 0.3) is 0 Å². The Balaban J connectivity index is 2.40. The summed E-state index contributed by atoms with van der Waals surface area (Å²) in [6.45, 7) is 0. The van der Waals surface area contributed by atoms with E-state index in [-0.39, 0.29) is 10.6 Å². The topological polar surface area (TPSA) is 55.2 Å². The molecule has 0 atom stereocenters. The van der Waals surface area contributed by atoms with Gasteiger partial charge in [-0.15, -0.1) is 0 Å². The molecule has 4 nitrogen and oxygen atoms in total. The van der Waals surface area contributed by atoms with Gasteiger partial charge in [-0.2, -0.15) is 0 Å². The molecule has 0 fully saturated rings. The minimum atomic E-state index is -0.362. The maximum atomic E-state index is 10.5. The van der Waals surface area contributed by atoms with E-state index in [0.717, 1.165) is 24.1 Å². The van der Waals surface area contributed by atoms with E-state index in [4.69, 9.17) is 0 Å². The lowest BCUT2D eigenvalue weighted by Crippen LogP contribution is -1.94. The molecule has 1 aliphatic rings. The average molecular weight is 190 g/mol. The van der Waals surface area contributed by atoms with Crippen LogP contribution in [0.2, 0.25) is 0 Å². The van der Waals surface area contributed by atoms with Crippen molar-refractivity contribution >= 4 is 11.4 Å². The average Bonchev–Trinajstić information content (AvgIpc) is 2.41. The van der Waals surface area contributed by atoms with E-state index in [1.54, 1.807) is 12.1 Å². The molecule has 0 saturated carbocycles. The molecule has 0 saturated heterocycles. The Bertz CT molecular complexity index is 399. The number of non-ortho nitro benzene ring substituents is 1. The van der Waals surface area contributed by atoms with Crippen LogP contribution in [-0.4, -0.2) is 4.92 Å². The Morgan fingerprint density at radius 2 is 2.29 bits per heavy atom. The molecule has 0 radical (unpaired) electrons. The van der Waals surface area contributed by atoms with E-state index < -0.39 is 0 Å². The monoisotopic (exact) mass is 190 g/mol. The molecule has 0 spiro atoms. The SMILES string of the molecule is O=[N+]([O-])c1ccc2c(c1)CCC=CN2. The number of benzene rings is 1. The van der Waals surface area contributed by atoms with Gasteiger partial charge in [0.15, 0.2) is 0 Å². The second kappa shape index (κ2) is 3.49. The van der Waals surface area contributed by atoms with Gasteiger partial charge in [0.05, 0.1) is 4.92 Å². The van der Waals surface area contributed by atoms with E-state index in [1.807, 2.05) is 12.3 Å². The lowest BCUT2D eigenvalue weighted by Gasteiger charge is -2.05. The Kier molecular flexibility index (Phi) is 2.18. The van der Waals surface area contributed by atoms with Gasteiger partial charge in [0.25, 0.3) is 5.69 Å². The van der Waals surface area contributed by atoms with E-state index in [9.17, 15) is 10.1 Å². The van der Waals surface area contributed by atoms with Gasteiger partial charge >= 0.3 is 0 Å². The van der Waals surface area contributed by atoms with Crippen molar-refractivity contribution < 1.29 is 4.92 Å². The number of anilines is 1. The smallest absolute Gasteiger partial charge is 0.269 e. The maximum absolute atomic E-state index is 10.5. The van der Waals surface area contributed by atoms with Crippen LogP contribution in [0.5, 0.6) is 0 Å². The molecule has 1 aromatic rings. The van der Waals surface area contributed by atoms with Crippen molar-refractivity contribution in [2.75, 3.05) is 5.32 Å². The molecular formula is C10H10N2O2. The summed E-state index contributed by atoms with van der Waals surface area (Å²) in [5, 5.41) is 13.6. The van der Waals surface area contributed by atoms with Gasteiger partial charge in [0.1, 0.15) is 0 Å². The minimum absolute atomic E-state index is 0.160. The summed E-state index contributed by atoms with van der Waals surface area (Å²) in [6, 6.07) is 4.91. The number of allylic oxidation sites excluding steroid dienone is 1.